The van der Waals surface area contributed by atoms with Crippen molar-refractivity contribution in [1.82, 2.24) is 5.43 Å². The van der Waals surface area contributed by atoms with Crippen molar-refractivity contribution in [2.75, 3.05) is 13.7 Å². The lowest BCUT2D eigenvalue weighted by atomic mass is 10.0. The molecule has 0 atom stereocenters. The van der Waals surface area contributed by atoms with Crippen LogP contribution in [0.25, 0.3) is 0 Å². The van der Waals surface area contributed by atoms with E-state index < -0.39 is 0 Å². The molecule has 0 spiro atoms. The normalized spacial score (nSPS) is 11.0. The SMILES string of the molecule is COc1cc(/C=N/NC(=O)COc2ccc(C(C)C)cc2)ccc1OCc1c(Cl)cccc1Cl. The van der Waals surface area contributed by atoms with Crippen molar-refractivity contribution in [1.29, 1.82) is 0 Å². The number of hydrazone groups is 1. The first kappa shape index (κ1) is 25.4. The van der Waals surface area contributed by atoms with Gasteiger partial charge in [0.25, 0.3) is 5.91 Å². The van der Waals surface area contributed by atoms with E-state index in [0.717, 1.165) is 0 Å². The van der Waals surface area contributed by atoms with E-state index in [4.69, 9.17) is 37.4 Å². The molecule has 1 N–H and O–H groups in total. The highest BCUT2D eigenvalue weighted by molar-refractivity contribution is 6.35. The Balaban J connectivity index is 1.52. The lowest BCUT2D eigenvalue weighted by Crippen LogP contribution is -2.24. The fourth-order valence-corrected chi connectivity index (χ4v) is 3.52. The first-order valence-electron chi connectivity index (χ1n) is 10.7. The molecule has 6 nitrogen and oxygen atoms in total. The van der Waals surface area contributed by atoms with Crippen LogP contribution >= 0.6 is 23.2 Å². The molecular weight excluding hydrogens is 475 g/mol. The van der Waals surface area contributed by atoms with Gasteiger partial charge < -0.3 is 14.2 Å². The van der Waals surface area contributed by atoms with Crippen LogP contribution in [0, 0.1) is 0 Å². The summed E-state index contributed by atoms with van der Waals surface area (Å²) in [5.41, 5.74) is 5.06. The number of halogens is 2. The highest BCUT2D eigenvalue weighted by Gasteiger charge is 2.10. The van der Waals surface area contributed by atoms with Gasteiger partial charge in [-0.2, -0.15) is 5.10 Å². The number of ether oxygens (including phenoxy) is 3. The third-order valence-electron chi connectivity index (χ3n) is 4.94. The average molecular weight is 501 g/mol. The summed E-state index contributed by atoms with van der Waals surface area (Å²) in [6.07, 6.45) is 1.51. The lowest BCUT2D eigenvalue weighted by molar-refractivity contribution is -0.123. The van der Waals surface area contributed by atoms with Crippen LogP contribution in [0.5, 0.6) is 17.2 Å². The van der Waals surface area contributed by atoms with E-state index in [1.165, 1.54) is 11.8 Å². The van der Waals surface area contributed by atoms with Crippen molar-refractivity contribution in [2.45, 2.75) is 26.4 Å². The summed E-state index contributed by atoms with van der Waals surface area (Å²) in [6, 6.07) is 18.2. The van der Waals surface area contributed by atoms with Crippen LogP contribution in [0.3, 0.4) is 0 Å². The number of rotatable bonds is 10. The highest BCUT2D eigenvalue weighted by Crippen LogP contribution is 2.31. The van der Waals surface area contributed by atoms with E-state index >= 15 is 0 Å². The molecule has 0 fully saturated rings. The molecule has 0 unspecified atom stereocenters. The van der Waals surface area contributed by atoms with Gasteiger partial charge in [0.15, 0.2) is 18.1 Å². The number of carbonyl (C=O) groups is 1. The maximum Gasteiger partial charge on any atom is 0.277 e. The number of methoxy groups -OCH3 is 1. The van der Waals surface area contributed by atoms with E-state index in [2.05, 4.69) is 24.4 Å². The summed E-state index contributed by atoms with van der Waals surface area (Å²) in [4.78, 5) is 12.0. The van der Waals surface area contributed by atoms with Gasteiger partial charge in [-0.25, -0.2) is 5.43 Å². The van der Waals surface area contributed by atoms with Gasteiger partial charge in [-0.3, -0.25) is 4.79 Å². The Bertz CT molecular complexity index is 1130. The number of nitrogens with zero attached hydrogens (tertiary/aromatic N) is 1. The van der Waals surface area contributed by atoms with E-state index in [1.807, 2.05) is 24.3 Å². The van der Waals surface area contributed by atoms with Gasteiger partial charge in [0.2, 0.25) is 0 Å². The van der Waals surface area contributed by atoms with Crippen LogP contribution in [0.15, 0.2) is 65.8 Å². The Morgan fingerprint density at radius 2 is 1.71 bits per heavy atom. The van der Waals surface area contributed by atoms with Gasteiger partial charge in [0.1, 0.15) is 12.4 Å². The molecule has 0 aromatic heterocycles. The molecule has 0 bridgehead atoms. The largest absolute Gasteiger partial charge is 0.493 e. The minimum atomic E-state index is -0.368. The van der Waals surface area contributed by atoms with Crippen molar-refractivity contribution in [3.63, 3.8) is 0 Å². The summed E-state index contributed by atoms with van der Waals surface area (Å²) < 4.78 is 16.8. The Kier molecular flexibility index (Phi) is 9.19. The van der Waals surface area contributed by atoms with Gasteiger partial charge in [-0.15, -0.1) is 0 Å². The Labute approximate surface area is 209 Å². The molecule has 0 heterocycles. The fourth-order valence-electron chi connectivity index (χ4n) is 3.01. The molecule has 0 radical (unpaired) electrons. The third kappa shape index (κ3) is 7.14. The number of amides is 1. The van der Waals surface area contributed by atoms with Gasteiger partial charge >= 0.3 is 0 Å². The summed E-state index contributed by atoms with van der Waals surface area (Å²) in [5, 5.41) is 5.04. The van der Waals surface area contributed by atoms with Crippen LogP contribution in [0.1, 0.15) is 36.5 Å². The second-order valence-electron chi connectivity index (χ2n) is 7.70. The first-order chi connectivity index (χ1) is 16.4. The van der Waals surface area contributed by atoms with Crippen LogP contribution in [-0.2, 0) is 11.4 Å². The quantitative estimate of drug-likeness (QED) is 0.264. The topological polar surface area (TPSA) is 69.2 Å². The van der Waals surface area contributed by atoms with Gasteiger partial charge in [-0.05, 0) is 59.5 Å². The summed E-state index contributed by atoms with van der Waals surface area (Å²) >= 11 is 12.4. The molecule has 0 aliphatic rings. The molecule has 0 aliphatic carbocycles. The number of hydrogen-bond donors (Lipinski definition) is 1. The highest BCUT2D eigenvalue weighted by atomic mass is 35.5. The monoisotopic (exact) mass is 500 g/mol. The summed E-state index contributed by atoms with van der Waals surface area (Å²) in [7, 11) is 1.54. The molecule has 0 saturated heterocycles. The summed E-state index contributed by atoms with van der Waals surface area (Å²) in [5.74, 6) is 1.73. The van der Waals surface area contributed by atoms with Crippen LogP contribution in [0.2, 0.25) is 10.0 Å². The molecule has 178 valence electrons. The van der Waals surface area contributed by atoms with Crippen molar-refractivity contribution in [2.24, 2.45) is 5.10 Å². The van der Waals surface area contributed by atoms with Crippen LogP contribution < -0.4 is 19.6 Å². The molecule has 3 aromatic carbocycles. The van der Waals surface area contributed by atoms with Crippen molar-refractivity contribution in [3.05, 3.63) is 87.4 Å². The van der Waals surface area contributed by atoms with Gasteiger partial charge in [-0.1, -0.05) is 55.2 Å². The Morgan fingerprint density at radius 1 is 1.00 bits per heavy atom. The number of nitrogens with one attached hydrogen (secondary N) is 1. The van der Waals surface area contributed by atoms with Crippen LogP contribution in [0.4, 0.5) is 0 Å². The van der Waals surface area contributed by atoms with E-state index in [-0.39, 0.29) is 19.1 Å². The predicted molar refractivity (Wildman–Crippen MR) is 136 cm³/mol. The fraction of sp³-hybridized carbons (Fsp3) is 0.231. The number of carbonyl (C=O) groups excluding carboxylic acids is 1. The Hall–Kier alpha value is -3.22. The number of benzene rings is 3. The third-order valence-corrected chi connectivity index (χ3v) is 5.65. The molecule has 0 saturated carbocycles. The van der Waals surface area contributed by atoms with E-state index in [1.54, 1.807) is 43.5 Å². The average Bonchev–Trinajstić information content (AvgIpc) is 2.83. The molecule has 3 rings (SSSR count). The van der Waals surface area contributed by atoms with E-state index in [9.17, 15) is 4.79 Å². The summed E-state index contributed by atoms with van der Waals surface area (Å²) in [6.45, 7) is 4.29. The van der Waals surface area contributed by atoms with Crippen molar-refractivity contribution in [3.8, 4) is 17.2 Å². The molecule has 3 aromatic rings. The molecular formula is C26H26Cl2N2O4. The minimum absolute atomic E-state index is 0.140. The maximum atomic E-state index is 12.0. The van der Waals surface area contributed by atoms with Gasteiger partial charge in [0.05, 0.1) is 13.3 Å². The predicted octanol–water partition coefficient (Wildman–Crippen LogP) is 6.23. The molecule has 1 amide bonds. The molecule has 0 aliphatic heterocycles. The van der Waals surface area contributed by atoms with Crippen molar-refractivity contribution < 1.29 is 19.0 Å². The van der Waals surface area contributed by atoms with Crippen LogP contribution in [-0.4, -0.2) is 25.8 Å². The number of hydrogen-bond acceptors (Lipinski definition) is 5. The van der Waals surface area contributed by atoms with Crippen molar-refractivity contribution >= 4 is 35.3 Å². The molecule has 8 heteroatoms. The lowest BCUT2D eigenvalue weighted by Gasteiger charge is -2.13. The zero-order valence-electron chi connectivity index (χ0n) is 19.2. The smallest absolute Gasteiger partial charge is 0.277 e. The van der Waals surface area contributed by atoms with E-state index in [0.29, 0.717) is 44.3 Å². The second kappa shape index (κ2) is 12.3. The van der Waals surface area contributed by atoms with Gasteiger partial charge in [0, 0.05) is 15.6 Å². The standard InChI is InChI=1S/C26H26Cl2N2O4/c1-17(2)19-8-10-20(11-9-19)33-16-26(31)30-29-14-18-7-12-24(25(13-18)32-3)34-15-21-22(27)5-4-6-23(21)28/h4-14,17H,15-16H2,1-3H3,(H,30,31)/b29-14+. The maximum absolute atomic E-state index is 12.0. The zero-order valence-corrected chi connectivity index (χ0v) is 20.7. The molecule has 34 heavy (non-hydrogen) atoms. The second-order valence-corrected chi connectivity index (χ2v) is 8.52. The first-order valence-corrected chi connectivity index (χ1v) is 11.4. The zero-order chi connectivity index (χ0) is 24.5. The Morgan fingerprint density at radius 3 is 2.35 bits per heavy atom. The minimum Gasteiger partial charge on any atom is -0.493 e.